The molecule has 0 spiro atoms. The van der Waals surface area contributed by atoms with E-state index in [-0.39, 0.29) is 11.7 Å². The Balaban J connectivity index is 2.34. The van der Waals surface area contributed by atoms with Gasteiger partial charge in [0.2, 0.25) is 0 Å². The van der Waals surface area contributed by atoms with Crippen molar-refractivity contribution in [3.63, 3.8) is 0 Å². The van der Waals surface area contributed by atoms with E-state index in [4.69, 9.17) is 11.6 Å². The average Bonchev–Trinajstić information content (AvgIpc) is 2.41. The quantitative estimate of drug-likeness (QED) is 0.779. The van der Waals surface area contributed by atoms with Crippen LogP contribution in [0.5, 0.6) is 0 Å². The van der Waals surface area contributed by atoms with E-state index in [9.17, 15) is 4.79 Å². The first kappa shape index (κ1) is 12.8. The standard InChI is InChI=1S/C15H14ClNO/c1-10-3-4-13(16)9-14(10)15(18)11(2)12-5-7-17-8-6-12/h3-9,11H,1-2H3. The van der Waals surface area contributed by atoms with Crippen LogP contribution in [0.4, 0.5) is 0 Å². The zero-order valence-corrected chi connectivity index (χ0v) is 11.1. The Bertz CT molecular complexity index is 566. The monoisotopic (exact) mass is 259 g/mol. The fraction of sp³-hybridized carbons (Fsp3) is 0.200. The van der Waals surface area contributed by atoms with Crippen LogP contribution in [0.2, 0.25) is 5.02 Å². The Hall–Kier alpha value is -1.67. The molecule has 0 saturated carbocycles. The molecule has 3 heteroatoms. The van der Waals surface area contributed by atoms with Crippen molar-refractivity contribution >= 4 is 17.4 Å². The lowest BCUT2D eigenvalue weighted by atomic mass is 9.91. The summed E-state index contributed by atoms with van der Waals surface area (Å²) in [4.78, 5) is 16.4. The molecular formula is C15H14ClNO. The number of carbonyl (C=O) groups is 1. The van der Waals surface area contributed by atoms with Crippen LogP contribution < -0.4 is 0 Å². The maximum Gasteiger partial charge on any atom is 0.170 e. The van der Waals surface area contributed by atoms with Crippen molar-refractivity contribution in [2.45, 2.75) is 19.8 Å². The topological polar surface area (TPSA) is 30.0 Å². The lowest BCUT2D eigenvalue weighted by molar-refractivity contribution is 0.0965. The highest BCUT2D eigenvalue weighted by atomic mass is 35.5. The second-order valence-electron chi connectivity index (χ2n) is 4.33. The van der Waals surface area contributed by atoms with Gasteiger partial charge in [0.25, 0.3) is 0 Å². The Kier molecular flexibility index (Phi) is 3.78. The van der Waals surface area contributed by atoms with E-state index in [1.54, 1.807) is 24.5 Å². The van der Waals surface area contributed by atoms with E-state index in [0.29, 0.717) is 10.6 Å². The molecule has 1 heterocycles. The van der Waals surface area contributed by atoms with E-state index >= 15 is 0 Å². The SMILES string of the molecule is Cc1ccc(Cl)cc1C(=O)C(C)c1ccncc1. The van der Waals surface area contributed by atoms with Crippen LogP contribution in [-0.2, 0) is 0 Å². The van der Waals surface area contributed by atoms with Gasteiger partial charge in [-0.1, -0.05) is 24.6 Å². The zero-order valence-electron chi connectivity index (χ0n) is 10.4. The highest BCUT2D eigenvalue weighted by Crippen LogP contribution is 2.24. The fourth-order valence-electron chi connectivity index (χ4n) is 1.90. The summed E-state index contributed by atoms with van der Waals surface area (Å²) in [5.74, 6) is -0.105. The number of halogens is 1. The van der Waals surface area contributed by atoms with Crippen LogP contribution in [0, 0.1) is 6.92 Å². The first-order chi connectivity index (χ1) is 8.59. The maximum atomic E-state index is 12.4. The fourth-order valence-corrected chi connectivity index (χ4v) is 2.07. The first-order valence-corrected chi connectivity index (χ1v) is 6.17. The predicted molar refractivity (Wildman–Crippen MR) is 73.2 cm³/mol. The molecule has 0 amide bonds. The van der Waals surface area contributed by atoms with Gasteiger partial charge in [0.05, 0.1) is 0 Å². The Labute approximate surface area is 112 Å². The third-order valence-electron chi connectivity index (χ3n) is 3.06. The zero-order chi connectivity index (χ0) is 13.1. The molecular weight excluding hydrogens is 246 g/mol. The molecule has 92 valence electrons. The number of ketones is 1. The second kappa shape index (κ2) is 5.32. The van der Waals surface area contributed by atoms with Gasteiger partial charge in [0, 0.05) is 28.9 Å². The minimum Gasteiger partial charge on any atom is -0.293 e. The van der Waals surface area contributed by atoms with Crippen LogP contribution in [0.1, 0.15) is 34.3 Å². The summed E-state index contributed by atoms with van der Waals surface area (Å²) in [5.41, 5.74) is 2.60. The normalized spacial score (nSPS) is 12.2. The van der Waals surface area contributed by atoms with Gasteiger partial charge >= 0.3 is 0 Å². The number of Topliss-reactive ketones (excluding diaryl/α,β-unsaturated/α-hetero) is 1. The average molecular weight is 260 g/mol. The largest absolute Gasteiger partial charge is 0.293 e. The van der Waals surface area contributed by atoms with Crippen LogP contribution >= 0.6 is 11.6 Å². The highest BCUT2D eigenvalue weighted by Gasteiger charge is 2.18. The highest BCUT2D eigenvalue weighted by molar-refractivity contribution is 6.31. The molecule has 1 aromatic heterocycles. The molecule has 18 heavy (non-hydrogen) atoms. The van der Waals surface area contributed by atoms with Gasteiger partial charge in [-0.2, -0.15) is 0 Å². The number of rotatable bonds is 3. The van der Waals surface area contributed by atoms with Gasteiger partial charge in [-0.25, -0.2) is 0 Å². The van der Waals surface area contributed by atoms with E-state index in [0.717, 1.165) is 11.1 Å². The Morgan fingerprint density at radius 1 is 1.22 bits per heavy atom. The third kappa shape index (κ3) is 2.59. The lowest BCUT2D eigenvalue weighted by Gasteiger charge is -2.12. The summed E-state index contributed by atoms with van der Waals surface area (Å²) < 4.78 is 0. The van der Waals surface area contributed by atoms with E-state index in [1.165, 1.54) is 0 Å². The number of aryl methyl sites for hydroxylation is 1. The summed E-state index contributed by atoms with van der Waals surface area (Å²) in [5, 5.41) is 0.589. The summed E-state index contributed by atoms with van der Waals surface area (Å²) in [6.07, 6.45) is 3.40. The summed E-state index contributed by atoms with van der Waals surface area (Å²) >= 11 is 5.95. The molecule has 0 radical (unpaired) electrons. The molecule has 1 unspecified atom stereocenters. The van der Waals surface area contributed by atoms with Crippen molar-refractivity contribution in [1.82, 2.24) is 4.98 Å². The number of benzene rings is 1. The maximum absolute atomic E-state index is 12.4. The van der Waals surface area contributed by atoms with Gasteiger partial charge in [-0.05, 0) is 42.3 Å². The number of aromatic nitrogens is 1. The minimum atomic E-state index is -0.190. The minimum absolute atomic E-state index is 0.0844. The van der Waals surface area contributed by atoms with Crippen molar-refractivity contribution < 1.29 is 4.79 Å². The molecule has 1 aromatic carbocycles. The van der Waals surface area contributed by atoms with Crippen LogP contribution in [0.15, 0.2) is 42.7 Å². The number of hydrogen-bond acceptors (Lipinski definition) is 2. The molecule has 0 N–H and O–H groups in total. The molecule has 2 nitrogen and oxygen atoms in total. The van der Waals surface area contributed by atoms with Crippen LogP contribution in [0.3, 0.4) is 0 Å². The predicted octanol–water partition coefficient (Wildman–Crippen LogP) is 4.03. The van der Waals surface area contributed by atoms with Crippen molar-refractivity contribution in [3.8, 4) is 0 Å². The van der Waals surface area contributed by atoms with Gasteiger partial charge in [0.1, 0.15) is 0 Å². The summed E-state index contributed by atoms with van der Waals surface area (Å²) in [7, 11) is 0. The Morgan fingerprint density at radius 3 is 2.56 bits per heavy atom. The van der Waals surface area contributed by atoms with Gasteiger partial charge in [0.15, 0.2) is 5.78 Å². The molecule has 0 aliphatic heterocycles. The molecule has 2 aromatic rings. The van der Waals surface area contributed by atoms with E-state index < -0.39 is 0 Å². The first-order valence-electron chi connectivity index (χ1n) is 5.80. The number of pyridine rings is 1. The smallest absolute Gasteiger partial charge is 0.170 e. The molecule has 0 fully saturated rings. The molecule has 0 bridgehead atoms. The number of carbonyl (C=O) groups excluding carboxylic acids is 1. The van der Waals surface area contributed by atoms with Crippen molar-refractivity contribution in [1.29, 1.82) is 0 Å². The van der Waals surface area contributed by atoms with Gasteiger partial charge < -0.3 is 0 Å². The molecule has 2 rings (SSSR count). The Morgan fingerprint density at radius 2 is 1.89 bits per heavy atom. The third-order valence-corrected chi connectivity index (χ3v) is 3.30. The molecule has 1 atom stereocenters. The summed E-state index contributed by atoms with van der Waals surface area (Å²) in [6, 6.07) is 9.13. The molecule has 0 aliphatic carbocycles. The van der Waals surface area contributed by atoms with Gasteiger partial charge in [-0.15, -0.1) is 0 Å². The van der Waals surface area contributed by atoms with E-state index in [1.807, 2.05) is 32.0 Å². The van der Waals surface area contributed by atoms with Crippen LogP contribution in [-0.4, -0.2) is 10.8 Å². The number of hydrogen-bond donors (Lipinski definition) is 0. The number of nitrogens with zero attached hydrogens (tertiary/aromatic N) is 1. The molecule has 0 aliphatic rings. The van der Waals surface area contributed by atoms with Gasteiger partial charge in [-0.3, -0.25) is 9.78 Å². The second-order valence-corrected chi connectivity index (χ2v) is 4.76. The lowest BCUT2D eigenvalue weighted by Crippen LogP contribution is -2.11. The van der Waals surface area contributed by atoms with E-state index in [2.05, 4.69) is 4.98 Å². The molecule has 0 saturated heterocycles. The van der Waals surface area contributed by atoms with Crippen molar-refractivity contribution in [2.24, 2.45) is 0 Å². The van der Waals surface area contributed by atoms with Crippen molar-refractivity contribution in [2.75, 3.05) is 0 Å². The summed E-state index contributed by atoms with van der Waals surface area (Å²) in [6.45, 7) is 3.82. The van der Waals surface area contributed by atoms with Crippen LogP contribution in [0.25, 0.3) is 0 Å². The van der Waals surface area contributed by atoms with Crippen molar-refractivity contribution in [3.05, 3.63) is 64.4 Å².